The third-order valence-electron chi connectivity index (χ3n) is 1.80. The van der Waals surface area contributed by atoms with Gasteiger partial charge in [-0.1, -0.05) is 6.08 Å². The first-order valence-corrected chi connectivity index (χ1v) is 4.44. The highest BCUT2D eigenvalue weighted by atomic mass is 16.2. The van der Waals surface area contributed by atoms with Gasteiger partial charge in [0.05, 0.1) is 27.6 Å². The van der Waals surface area contributed by atoms with Crippen molar-refractivity contribution in [2.24, 2.45) is 0 Å². The fourth-order valence-corrected chi connectivity index (χ4v) is 0.900. The number of unbranched alkanes of at least 4 members (excludes halogenated alkanes) is 2. The Hall–Kier alpha value is -0.630. The summed E-state index contributed by atoms with van der Waals surface area (Å²) in [4.78, 5) is 11.4. The van der Waals surface area contributed by atoms with Gasteiger partial charge in [0.1, 0.15) is 0 Å². The number of quaternary nitrogens is 1. The first-order chi connectivity index (χ1) is 5.48. The summed E-state index contributed by atoms with van der Waals surface area (Å²) in [5, 5.41) is 0. The zero-order valence-corrected chi connectivity index (χ0v) is 8.47. The molecule has 0 aromatic rings. The molecule has 0 aromatic carbocycles. The highest BCUT2D eigenvalue weighted by Gasteiger charge is 2.18. The molecule has 0 saturated heterocycles. The summed E-state index contributed by atoms with van der Waals surface area (Å²) in [5.74, 6) is 0.305. The molecule has 2 heteroatoms. The summed E-state index contributed by atoms with van der Waals surface area (Å²) in [6.45, 7) is 3.64. The van der Waals surface area contributed by atoms with Gasteiger partial charge in [-0.3, -0.25) is 4.48 Å². The van der Waals surface area contributed by atoms with E-state index in [0.29, 0.717) is 16.8 Å². The summed E-state index contributed by atoms with van der Waals surface area (Å²) < 4.78 is 0.439. The van der Waals surface area contributed by atoms with E-state index in [1.54, 1.807) is 0 Å². The van der Waals surface area contributed by atoms with E-state index in [2.05, 4.69) is 6.58 Å². The molecule has 0 aliphatic heterocycles. The highest BCUT2D eigenvalue weighted by molar-refractivity contribution is 5.68. The van der Waals surface area contributed by atoms with Crippen LogP contribution in [0.15, 0.2) is 12.7 Å². The Labute approximate surface area is 75.5 Å². The first kappa shape index (κ1) is 11.4. The second-order valence-corrected chi connectivity index (χ2v) is 3.94. The molecule has 0 bridgehead atoms. The largest absolute Gasteiger partial charge is 0.313 e. The van der Waals surface area contributed by atoms with Crippen LogP contribution < -0.4 is 0 Å². The van der Waals surface area contributed by atoms with E-state index < -0.39 is 0 Å². The maximum absolute atomic E-state index is 11.4. The predicted molar refractivity (Wildman–Crippen MR) is 51.7 cm³/mol. The SMILES string of the molecule is C=CCCCCC(=O)[N+](C)(C)C. The molecule has 0 N–H and O–H groups in total. The molecule has 2 nitrogen and oxygen atoms in total. The Morgan fingerprint density at radius 2 is 1.92 bits per heavy atom. The van der Waals surface area contributed by atoms with Gasteiger partial charge < -0.3 is 0 Å². The van der Waals surface area contributed by atoms with Crippen molar-refractivity contribution in [3.63, 3.8) is 0 Å². The van der Waals surface area contributed by atoms with Crippen LogP contribution in [-0.4, -0.2) is 31.5 Å². The second-order valence-electron chi connectivity index (χ2n) is 3.94. The van der Waals surface area contributed by atoms with Gasteiger partial charge in [0.25, 0.3) is 0 Å². The predicted octanol–water partition coefficient (Wildman–Crippen LogP) is 1.97. The van der Waals surface area contributed by atoms with Crippen LogP contribution in [0.25, 0.3) is 0 Å². The quantitative estimate of drug-likeness (QED) is 0.350. The summed E-state index contributed by atoms with van der Waals surface area (Å²) in [7, 11) is 5.74. The highest BCUT2D eigenvalue weighted by Crippen LogP contribution is 2.04. The second kappa shape index (κ2) is 5.09. The lowest BCUT2D eigenvalue weighted by Crippen LogP contribution is -2.40. The zero-order chi connectivity index (χ0) is 9.61. The van der Waals surface area contributed by atoms with Crippen LogP contribution in [0.3, 0.4) is 0 Å². The topological polar surface area (TPSA) is 17.1 Å². The van der Waals surface area contributed by atoms with Gasteiger partial charge >= 0.3 is 5.91 Å². The van der Waals surface area contributed by atoms with Crippen LogP contribution in [0.2, 0.25) is 0 Å². The minimum atomic E-state index is 0.305. The number of carbonyl (C=O) groups is 1. The van der Waals surface area contributed by atoms with E-state index >= 15 is 0 Å². The third-order valence-corrected chi connectivity index (χ3v) is 1.80. The lowest BCUT2D eigenvalue weighted by Gasteiger charge is -2.20. The fraction of sp³-hybridized carbons (Fsp3) is 0.700. The van der Waals surface area contributed by atoms with Crippen molar-refractivity contribution in [2.45, 2.75) is 25.7 Å². The zero-order valence-electron chi connectivity index (χ0n) is 8.47. The Morgan fingerprint density at radius 1 is 1.33 bits per heavy atom. The van der Waals surface area contributed by atoms with Crippen molar-refractivity contribution in [3.05, 3.63) is 12.7 Å². The number of carbonyl (C=O) groups excluding carboxylic acids is 1. The monoisotopic (exact) mass is 170 g/mol. The molecular weight excluding hydrogens is 150 g/mol. The van der Waals surface area contributed by atoms with Crippen LogP contribution >= 0.6 is 0 Å². The first-order valence-electron chi connectivity index (χ1n) is 4.44. The molecule has 0 saturated carbocycles. The van der Waals surface area contributed by atoms with Gasteiger partial charge in [0.2, 0.25) is 0 Å². The van der Waals surface area contributed by atoms with Crippen molar-refractivity contribution in [3.8, 4) is 0 Å². The van der Waals surface area contributed by atoms with Crippen molar-refractivity contribution in [1.82, 2.24) is 0 Å². The molecule has 70 valence electrons. The van der Waals surface area contributed by atoms with Gasteiger partial charge in [-0.15, -0.1) is 6.58 Å². The smallest absolute Gasteiger partial charge is 0.268 e. The minimum Gasteiger partial charge on any atom is -0.268 e. The molecule has 0 fully saturated rings. The maximum Gasteiger partial charge on any atom is 0.313 e. The molecule has 0 atom stereocenters. The normalized spacial score (nSPS) is 11.2. The lowest BCUT2D eigenvalue weighted by molar-refractivity contribution is -0.792. The molecule has 1 amide bonds. The fourth-order valence-electron chi connectivity index (χ4n) is 0.900. The minimum absolute atomic E-state index is 0.305. The molecule has 0 unspecified atom stereocenters. The van der Waals surface area contributed by atoms with Crippen molar-refractivity contribution >= 4 is 5.91 Å². The van der Waals surface area contributed by atoms with Crippen molar-refractivity contribution in [2.75, 3.05) is 21.1 Å². The van der Waals surface area contributed by atoms with Gasteiger partial charge in [0.15, 0.2) is 0 Å². The summed E-state index contributed by atoms with van der Waals surface area (Å²) in [6, 6.07) is 0. The summed E-state index contributed by atoms with van der Waals surface area (Å²) in [5.41, 5.74) is 0. The molecular formula is C10H20NO+. The van der Waals surface area contributed by atoms with E-state index in [0.717, 1.165) is 19.3 Å². The Morgan fingerprint density at radius 3 is 2.33 bits per heavy atom. The Kier molecular flexibility index (Phi) is 4.83. The molecule has 0 spiro atoms. The number of amides is 1. The molecule has 12 heavy (non-hydrogen) atoms. The summed E-state index contributed by atoms with van der Waals surface area (Å²) in [6.07, 6.45) is 5.67. The van der Waals surface area contributed by atoms with Crippen molar-refractivity contribution < 1.29 is 9.28 Å². The van der Waals surface area contributed by atoms with Crippen LogP contribution in [0.4, 0.5) is 0 Å². The standard InChI is InChI=1S/C10H20NO/c1-5-6-7-8-9-10(12)11(2,3)4/h5H,1,6-9H2,2-4H3/q+1. The molecule has 0 aliphatic rings. The van der Waals surface area contributed by atoms with Gasteiger partial charge in [-0.2, -0.15) is 0 Å². The average Bonchev–Trinajstić information content (AvgIpc) is 1.96. The Balaban J connectivity index is 3.51. The van der Waals surface area contributed by atoms with E-state index in [-0.39, 0.29) is 0 Å². The van der Waals surface area contributed by atoms with Crippen molar-refractivity contribution in [1.29, 1.82) is 0 Å². The molecule has 0 rings (SSSR count). The third kappa shape index (κ3) is 5.08. The lowest BCUT2D eigenvalue weighted by atomic mass is 10.2. The van der Waals surface area contributed by atoms with Gasteiger partial charge in [0, 0.05) is 0 Å². The molecule has 0 radical (unpaired) electrons. The van der Waals surface area contributed by atoms with Crippen LogP contribution in [0, 0.1) is 0 Å². The van der Waals surface area contributed by atoms with Gasteiger partial charge in [-0.05, 0) is 19.3 Å². The van der Waals surface area contributed by atoms with E-state index in [4.69, 9.17) is 0 Å². The number of rotatable bonds is 5. The van der Waals surface area contributed by atoms with Gasteiger partial charge in [-0.25, -0.2) is 4.79 Å². The number of hydrogen-bond acceptors (Lipinski definition) is 1. The summed E-state index contributed by atoms with van der Waals surface area (Å²) >= 11 is 0. The van der Waals surface area contributed by atoms with Crippen LogP contribution in [0.5, 0.6) is 0 Å². The van der Waals surface area contributed by atoms with Crippen LogP contribution in [0.1, 0.15) is 25.7 Å². The average molecular weight is 170 g/mol. The van der Waals surface area contributed by atoms with E-state index in [9.17, 15) is 4.79 Å². The Bertz CT molecular complexity index is 156. The molecule has 0 aromatic heterocycles. The molecule has 0 aliphatic carbocycles. The van der Waals surface area contributed by atoms with Crippen LogP contribution in [-0.2, 0) is 4.79 Å². The number of nitrogens with zero attached hydrogens (tertiary/aromatic N) is 1. The maximum atomic E-state index is 11.4. The number of hydrogen-bond donors (Lipinski definition) is 0. The van der Waals surface area contributed by atoms with E-state index in [1.807, 2.05) is 27.2 Å². The van der Waals surface area contributed by atoms with E-state index in [1.165, 1.54) is 0 Å². The molecule has 0 heterocycles. The number of allylic oxidation sites excluding steroid dienone is 1.